The van der Waals surface area contributed by atoms with E-state index in [4.69, 9.17) is 15.0 Å². The smallest absolute Gasteiger partial charge is 0.238 e. The zero-order chi connectivity index (χ0) is 51.2. The molecule has 2 atom stereocenters. The van der Waals surface area contributed by atoms with E-state index in [0.29, 0.717) is 17.6 Å². The third-order valence-electron chi connectivity index (χ3n) is 16.6. The predicted octanol–water partition coefficient (Wildman–Crippen LogP) is 18.0. The second-order valence-corrected chi connectivity index (χ2v) is 21.5. The van der Waals surface area contributed by atoms with E-state index in [1.165, 1.54) is 82.8 Å². The van der Waals surface area contributed by atoms with Gasteiger partial charge in [-0.25, -0.2) is 4.98 Å². The van der Waals surface area contributed by atoms with Crippen LogP contribution >= 0.6 is 0 Å². The summed E-state index contributed by atoms with van der Waals surface area (Å²) in [5.41, 5.74) is 19.9. The van der Waals surface area contributed by atoms with Gasteiger partial charge in [-0.15, -0.1) is 0 Å². The lowest BCUT2D eigenvalue weighted by Crippen LogP contribution is -2.15. The van der Waals surface area contributed by atoms with E-state index in [9.17, 15) is 0 Å². The van der Waals surface area contributed by atoms with Crippen LogP contribution < -0.4 is 0 Å². The average Bonchev–Trinajstić information content (AvgIpc) is 4.31. The number of nitrogens with zero attached hydrogens (tertiary/aromatic N) is 5. The molecule has 15 rings (SSSR count). The lowest BCUT2D eigenvalue weighted by molar-refractivity contribution is 0.661. The minimum absolute atomic E-state index is 0.170. The van der Waals surface area contributed by atoms with Crippen molar-refractivity contribution in [3.63, 3.8) is 0 Å². The molecule has 5 heteroatoms. The van der Waals surface area contributed by atoms with Crippen molar-refractivity contribution in [1.82, 2.24) is 24.1 Å². The Morgan fingerprint density at radius 2 is 1.01 bits per heavy atom. The molecule has 0 saturated heterocycles. The van der Waals surface area contributed by atoms with Crippen molar-refractivity contribution in [2.75, 3.05) is 0 Å². The van der Waals surface area contributed by atoms with Crippen molar-refractivity contribution in [1.29, 1.82) is 0 Å². The van der Waals surface area contributed by atoms with E-state index in [1.54, 1.807) is 0 Å². The van der Waals surface area contributed by atoms with Gasteiger partial charge in [0.1, 0.15) is 0 Å². The van der Waals surface area contributed by atoms with Crippen LogP contribution in [-0.2, 0) is 5.41 Å². The molecule has 0 aliphatic heterocycles. The van der Waals surface area contributed by atoms with Crippen LogP contribution in [0.2, 0.25) is 0 Å². The first-order valence-electron chi connectivity index (χ1n) is 27.0. The van der Waals surface area contributed by atoms with Gasteiger partial charge < -0.3 is 4.57 Å². The molecule has 0 amide bonds. The first-order chi connectivity index (χ1) is 37.9. The molecule has 0 saturated carbocycles. The van der Waals surface area contributed by atoms with Gasteiger partial charge in [0.15, 0.2) is 11.6 Å². The summed E-state index contributed by atoms with van der Waals surface area (Å²) in [5, 5.41) is 4.87. The molecule has 3 aliphatic rings. The zero-order valence-electron chi connectivity index (χ0n) is 43.0. The number of benzene rings is 9. The van der Waals surface area contributed by atoms with Crippen molar-refractivity contribution < 1.29 is 0 Å². The Morgan fingerprint density at radius 3 is 1.86 bits per heavy atom. The van der Waals surface area contributed by atoms with Gasteiger partial charge in [-0.1, -0.05) is 202 Å². The molecule has 366 valence electrons. The monoisotopic (exact) mass is 987 g/mol. The fourth-order valence-electron chi connectivity index (χ4n) is 12.7. The van der Waals surface area contributed by atoms with Gasteiger partial charge >= 0.3 is 0 Å². The Balaban J connectivity index is 0.910. The highest BCUT2D eigenvalue weighted by Gasteiger charge is 2.36. The first-order valence-corrected chi connectivity index (χ1v) is 27.0. The van der Waals surface area contributed by atoms with Crippen molar-refractivity contribution in [3.05, 3.63) is 282 Å². The second-order valence-electron chi connectivity index (χ2n) is 21.5. The average molecular weight is 988 g/mol. The van der Waals surface area contributed by atoms with Gasteiger partial charge in [-0.3, -0.25) is 4.57 Å². The molecular weight excluding hydrogens is 935 g/mol. The van der Waals surface area contributed by atoms with Gasteiger partial charge in [0, 0.05) is 55.6 Å². The Hall–Kier alpha value is -9.45. The SMILES string of the molecule is CC1(C)c2ccccc2-c2cc3c4cc(C5C=C(c6ccc7c(c6)c6ccccc6n7-c6ccccc6)C=CC5)ccc4n(-c4nc(C5=CC(c6ccccc6)CC=C5)nc(-c5cccc(-c6ccccc6)c5)n4)c3cc21. The van der Waals surface area contributed by atoms with Crippen LogP contribution in [0.3, 0.4) is 0 Å². The summed E-state index contributed by atoms with van der Waals surface area (Å²) in [6.45, 7) is 4.72. The highest BCUT2D eigenvalue weighted by Crippen LogP contribution is 2.51. The summed E-state index contributed by atoms with van der Waals surface area (Å²) in [6.07, 6.45) is 15.8. The zero-order valence-corrected chi connectivity index (χ0v) is 43.0. The van der Waals surface area contributed by atoms with E-state index in [-0.39, 0.29) is 17.3 Å². The molecule has 3 aromatic heterocycles. The Morgan fingerprint density at radius 1 is 0.390 bits per heavy atom. The number of fused-ring (bicyclic) bond motifs is 9. The topological polar surface area (TPSA) is 48.5 Å². The van der Waals surface area contributed by atoms with Crippen molar-refractivity contribution in [3.8, 4) is 45.3 Å². The second kappa shape index (κ2) is 17.9. The van der Waals surface area contributed by atoms with Crippen molar-refractivity contribution in [2.24, 2.45) is 0 Å². The number of para-hydroxylation sites is 2. The maximum Gasteiger partial charge on any atom is 0.238 e. The molecule has 3 heterocycles. The third-order valence-corrected chi connectivity index (χ3v) is 16.6. The lowest BCUT2D eigenvalue weighted by atomic mass is 9.82. The summed E-state index contributed by atoms with van der Waals surface area (Å²) >= 11 is 0. The largest absolute Gasteiger partial charge is 0.309 e. The van der Waals surface area contributed by atoms with E-state index in [2.05, 4.69) is 272 Å². The molecule has 9 aromatic carbocycles. The third kappa shape index (κ3) is 7.48. The summed E-state index contributed by atoms with van der Waals surface area (Å²) in [5.74, 6) is 2.26. The molecule has 77 heavy (non-hydrogen) atoms. The molecular formula is C72H53N5. The maximum absolute atomic E-state index is 5.52. The van der Waals surface area contributed by atoms with E-state index < -0.39 is 0 Å². The number of hydrogen-bond donors (Lipinski definition) is 0. The van der Waals surface area contributed by atoms with Gasteiger partial charge in [0.25, 0.3) is 0 Å². The first kappa shape index (κ1) is 45.0. The highest BCUT2D eigenvalue weighted by atomic mass is 15.2. The number of aromatic nitrogens is 5. The van der Waals surface area contributed by atoms with Gasteiger partial charge in [0.2, 0.25) is 5.95 Å². The molecule has 0 N–H and O–H groups in total. The summed E-state index contributed by atoms with van der Waals surface area (Å²) in [4.78, 5) is 16.4. The summed E-state index contributed by atoms with van der Waals surface area (Å²) in [6, 6.07) is 77.3. The van der Waals surface area contributed by atoms with Crippen LogP contribution in [0.4, 0.5) is 0 Å². The summed E-state index contributed by atoms with van der Waals surface area (Å²) in [7, 11) is 0. The van der Waals surface area contributed by atoms with Gasteiger partial charge in [-0.2, -0.15) is 9.97 Å². The van der Waals surface area contributed by atoms with E-state index in [0.717, 1.165) is 46.1 Å². The minimum atomic E-state index is -0.209. The fourth-order valence-corrected chi connectivity index (χ4v) is 12.7. The predicted molar refractivity (Wildman–Crippen MR) is 319 cm³/mol. The molecule has 2 unspecified atom stereocenters. The molecule has 12 aromatic rings. The van der Waals surface area contributed by atoms with Crippen LogP contribution in [0.5, 0.6) is 0 Å². The minimum Gasteiger partial charge on any atom is -0.309 e. The molecule has 0 bridgehead atoms. The highest BCUT2D eigenvalue weighted by molar-refractivity contribution is 6.12. The Bertz CT molecular complexity index is 4470. The van der Waals surface area contributed by atoms with E-state index in [1.807, 2.05) is 0 Å². The molecule has 0 radical (unpaired) electrons. The van der Waals surface area contributed by atoms with Crippen molar-refractivity contribution >= 4 is 54.8 Å². The maximum atomic E-state index is 5.52. The fraction of sp³-hybridized carbons (Fsp3) is 0.0972. The molecule has 0 spiro atoms. The van der Waals surface area contributed by atoms with E-state index >= 15 is 0 Å². The van der Waals surface area contributed by atoms with Gasteiger partial charge in [-0.05, 0) is 129 Å². The number of allylic oxidation sites excluding steroid dienone is 8. The van der Waals surface area contributed by atoms with Crippen LogP contribution in [0, 0.1) is 0 Å². The molecule has 5 nitrogen and oxygen atoms in total. The van der Waals surface area contributed by atoms with Crippen LogP contribution in [0.15, 0.2) is 249 Å². The molecule has 3 aliphatic carbocycles. The molecule has 0 fully saturated rings. The lowest BCUT2D eigenvalue weighted by Gasteiger charge is -2.21. The quantitative estimate of drug-likeness (QED) is 0.152. The Kier molecular flexibility index (Phi) is 10.4. The Labute approximate surface area is 448 Å². The van der Waals surface area contributed by atoms with Crippen molar-refractivity contribution in [2.45, 2.75) is 43.9 Å². The van der Waals surface area contributed by atoms with Crippen LogP contribution in [0.25, 0.3) is 100 Å². The number of rotatable bonds is 8. The standard InChI is InChI=1S/C72H53N5/c1-72(2)63-33-14-12-31-57(63)59-44-62-61-43-53(51-26-16-25-50(39-51)52-35-37-66-60(42-52)58-32-13-15-34-65(58)76(66)56-29-10-5-11-30-56)36-38-67(61)77(68(62)45-64(59)72)71-74-69(54-27-17-23-48(40-54)46-19-6-3-7-20-46)73-70(75-71)55-28-18-24-49(41-55)47-21-8-4-9-22-47/h3-23,25,27-45,49,51H,24,26H2,1-2H3. The van der Waals surface area contributed by atoms with Crippen LogP contribution in [-0.4, -0.2) is 24.1 Å². The summed E-state index contributed by atoms with van der Waals surface area (Å²) < 4.78 is 4.70. The van der Waals surface area contributed by atoms with Crippen LogP contribution in [0.1, 0.15) is 72.2 Å². The normalized spacial score (nSPS) is 16.5. The van der Waals surface area contributed by atoms with Gasteiger partial charge in [0.05, 0.1) is 22.1 Å². The number of hydrogen-bond acceptors (Lipinski definition) is 3.